The van der Waals surface area contributed by atoms with Crippen LogP contribution in [0.1, 0.15) is 37.7 Å². The maximum Gasteiger partial charge on any atom is 0.267 e. The van der Waals surface area contributed by atoms with Crippen LogP contribution in [0, 0.1) is 0 Å². The van der Waals surface area contributed by atoms with Crippen molar-refractivity contribution in [2.75, 3.05) is 0 Å². The molecule has 1 aromatic rings. The molecule has 0 unspecified atom stereocenters. The zero-order valence-corrected chi connectivity index (χ0v) is 9.69. The summed E-state index contributed by atoms with van der Waals surface area (Å²) >= 11 is 0. The normalized spacial score (nSPS) is 18.1. The molecule has 0 heterocycles. The molecule has 0 N–H and O–H groups in total. The summed E-state index contributed by atoms with van der Waals surface area (Å²) in [6, 6.07) is 9.66. The van der Waals surface area contributed by atoms with E-state index in [1.165, 1.54) is 6.08 Å². The zero-order chi connectivity index (χ0) is 12.1. The Labute approximate surface area is 101 Å². The van der Waals surface area contributed by atoms with Crippen molar-refractivity contribution in [1.82, 2.24) is 0 Å². The first kappa shape index (κ1) is 11.7. The summed E-state index contributed by atoms with van der Waals surface area (Å²) in [6.45, 7) is 0. The molecule has 1 aliphatic rings. The van der Waals surface area contributed by atoms with E-state index in [0.29, 0.717) is 0 Å². The van der Waals surface area contributed by atoms with Gasteiger partial charge in [0.05, 0.1) is 5.41 Å². The van der Waals surface area contributed by atoms with Crippen molar-refractivity contribution in [2.45, 2.75) is 37.5 Å². The van der Waals surface area contributed by atoms with Crippen LogP contribution in [-0.2, 0) is 15.0 Å². The van der Waals surface area contributed by atoms with Gasteiger partial charge in [0, 0.05) is 0 Å². The van der Waals surface area contributed by atoms with Crippen LogP contribution in [0.3, 0.4) is 0 Å². The largest absolute Gasteiger partial charge is 0.271 e. The van der Waals surface area contributed by atoms with Gasteiger partial charge in [0.1, 0.15) is 0 Å². The molecule has 0 spiro atoms. The summed E-state index contributed by atoms with van der Waals surface area (Å²) in [4.78, 5) is 25.8. The second-order valence-electron chi connectivity index (χ2n) is 4.52. The van der Waals surface area contributed by atoms with Crippen LogP contribution in [0.2, 0.25) is 0 Å². The fourth-order valence-electron chi connectivity index (χ4n) is 2.69. The van der Waals surface area contributed by atoms with Crippen LogP contribution < -0.4 is 0 Å². The Balaban J connectivity index is 2.43. The molecule has 0 aromatic heterocycles. The second kappa shape index (κ2) is 5.07. The van der Waals surface area contributed by atoms with Crippen LogP contribution >= 0.6 is 0 Å². The van der Waals surface area contributed by atoms with E-state index in [1.807, 2.05) is 30.3 Å². The molecule has 17 heavy (non-hydrogen) atoms. The minimum absolute atomic E-state index is 0.335. The van der Waals surface area contributed by atoms with Gasteiger partial charge in [-0.25, -0.2) is 4.79 Å². The van der Waals surface area contributed by atoms with Gasteiger partial charge < -0.3 is 0 Å². The number of nitrogens with zero attached hydrogens (tertiary/aromatic N) is 1. The summed E-state index contributed by atoms with van der Waals surface area (Å²) in [5.74, 6) is -0.335. The summed E-state index contributed by atoms with van der Waals surface area (Å²) in [5, 5.41) is 0. The van der Waals surface area contributed by atoms with Crippen LogP contribution in [0.15, 0.2) is 35.3 Å². The van der Waals surface area contributed by atoms with Gasteiger partial charge in [-0.1, -0.05) is 49.6 Å². The topological polar surface area (TPSA) is 46.5 Å². The van der Waals surface area contributed by atoms with E-state index in [9.17, 15) is 9.59 Å². The van der Waals surface area contributed by atoms with Gasteiger partial charge in [0.15, 0.2) is 0 Å². The van der Waals surface area contributed by atoms with Crippen molar-refractivity contribution in [3.8, 4) is 0 Å². The quantitative estimate of drug-likeness (QED) is 0.578. The Morgan fingerprint density at radius 2 is 1.76 bits per heavy atom. The van der Waals surface area contributed by atoms with E-state index in [4.69, 9.17) is 0 Å². The molecule has 2 rings (SSSR count). The monoisotopic (exact) mass is 229 g/mol. The Morgan fingerprint density at radius 1 is 1.12 bits per heavy atom. The average molecular weight is 229 g/mol. The van der Waals surface area contributed by atoms with Crippen LogP contribution in [0.5, 0.6) is 0 Å². The van der Waals surface area contributed by atoms with Gasteiger partial charge in [-0.15, -0.1) is 4.99 Å². The lowest BCUT2D eigenvalue weighted by atomic mass is 9.69. The molecule has 0 saturated heterocycles. The van der Waals surface area contributed by atoms with Gasteiger partial charge in [-0.05, 0) is 18.4 Å². The van der Waals surface area contributed by atoms with Crippen LogP contribution in [-0.4, -0.2) is 12.0 Å². The number of isocyanates is 1. The Kier molecular flexibility index (Phi) is 3.50. The lowest BCUT2D eigenvalue weighted by molar-refractivity contribution is -0.124. The average Bonchev–Trinajstić information content (AvgIpc) is 2.41. The molecule has 0 bridgehead atoms. The van der Waals surface area contributed by atoms with Crippen molar-refractivity contribution in [3.05, 3.63) is 35.9 Å². The van der Waals surface area contributed by atoms with E-state index in [0.717, 1.165) is 37.7 Å². The first-order valence-electron chi connectivity index (χ1n) is 5.97. The third-order valence-electron chi connectivity index (χ3n) is 3.59. The van der Waals surface area contributed by atoms with E-state index in [-0.39, 0.29) is 5.91 Å². The van der Waals surface area contributed by atoms with Crippen LogP contribution in [0.4, 0.5) is 0 Å². The number of carbonyl (C=O) groups excluding carboxylic acids is 2. The van der Waals surface area contributed by atoms with Gasteiger partial charge in [-0.2, -0.15) is 0 Å². The molecule has 1 aromatic carbocycles. The Hall–Kier alpha value is -1.73. The lowest BCUT2D eigenvalue weighted by Gasteiger charge is -2.34. The molecule has 0 radical (unpaired) electrons. The number of aliphatic imine (C=N–C) groups is 1. The van der Waals surface area contributed by atoms with Gasteiger partial charge in [0.25, 0.3) is 5.91 Å². The van der Waals surface area contributed by atoms with Crippen molar-refractivity contribution in [3.63, 3.8) is 0 Å². The minimum Gasteiger partial charge on any atom is -0.271 e. The summed E-state index contributed by atoms with van der Waals surface area (Å²) < 4.78 is 0. The number of hydrogen-bond acceptors (Lipinski definition) is 2. The number of rotatable bonds is 2. The maximum atomic E-state index is 12.1. The highest BCUT2D eigenvalue weighted by Gasteiger charge is 2.40. The summed E-state index contributed by atoms with van der Waals surface area (Å²) in [6.07, 6.45) is 6.11. The molecule has 1 fully saturated rings. The van der Waals surface area contributed by atoms with E-state index < -0.39 is 5.41 Å². The zero-order valence-electron chi connectivity index (χ0n) is 9.69. The first-order chi connectivity index (χ1) is 8.29. The second-order valence-corrected chi connectivity index (χ2v) is 4.52. The van der Waals surface area contributed by atoms with Gasteiger partial charge >= 0.3 is 0 Å². The molecule has 0 aliphatic heterocycles. The van der Waals surface area contributed by atoms with Crippen LogP contribution in [0.25, 0.3) is 0 Å². The molecule has 1 amide bonds. The minimum atomic E-state index is -0.586. The molecule has 1 aliphatic carbocycles. The fraction of sp³-hybridized carbons (Fsp3) is 0.429. The molecule has 3 heteroatoms. The number of benzene rings is 1. The molecule has 0 atom stereocenters. The molecule has 1 saturated carbocycles. The highest BCUT2D eigenvalue weighted by Crippen LogP contribution is 2.40. The van der Waals surface area contributed by atoms with Crippen molar-refractivity contribution in [2.24, 2.45) is 4.99 Å². The van der Waals surface area contributed by atoms with Crippen molar-refractivity contribution in [1.29, 1.82) is 0 Å². The number of amides is 1. The smallest absolute Gasteiger partial charge is 0.267 e. The standard InChI is InChI=1S/C14H15NO2/c16-11-15-13(17)14(9-5-2-6-10-14)12-7-3-1-4-8-12/h1,3-4,7-8H,2,5-6,9-10H2. The van der Waals surface area contributed by atoms with E-state index >= 15 is 0 Å². The molecular formula is C14H15NO2. The molecule has 3 nitrogen and oxygen atoms in total. The van der Waals surface area contributed by atoms with Gasteiger partial charge in [0.2, 0.25) is 6.08 Å². The number of carbonyl (C=O) groups is 1. The van der Waals surface area contributed by atoms with E-state index in [1.54, 1.807) is 0 Å². The Bertz CT molecular complexity index is 441. The highest BCUT2D eigenvalue weighted by molar-refractivity contribution is 5.92. The SMILES string of the molecule is O=C=NC(=O)C1(c2ccccc2)CCCCC1. The highest BCUT2D eigenvalue weighted by atomic mass is 16.2. The van der Waals surface area contributed by atoms with Crippen molar-refractivity contribution < 1.29 is 9.59 Å². The van der Waals surface area contributed by atoms with Crippen molar-refractivity contribution >= 4 is 12.0 Å². The maximum absolute atomic E-state index is 12.1. The predicted octanol–water partition coefficient (Wildman–Crippen LogP) is 2.75. The third-order valence-corrected chi connectivity index (χ3v) is 3.59. The third kappa shape index (κ3) is 2.20. The molecular weight excluding hydrogens is 214 g/mol. The summed E-state index contributed by atoms with van der Waals surface area (Å²) in [7, 11) is 0. The fourth-order valence-corrected chi connectivity index (χ4v) is 2.69. The summed E-state index contributed by atoms with van der Waals surface area (Å²) in [5.41, 5.74) is 0.389. The first-order valence-corrected chi connectivity index (χ1v) is 5.97. The lowest BCUT2D eigenvalue weighted by Crippen LogP contribution is -2.36. The molecule has 88 valence electrons. The van der Waals surface area contributed by atoms with Gasteiger partial charge in [-0.3, -0.25) is 4.79 Å². The predicted molar refractivity (Wildman–Crippen MR) is 64.3 cm³/mol. The van der Waals surface area contributed by atoms with E-state index in [2.05, 4.69) is 4.99 Å². The Morgan fingerprint density at radius 3 is 2.35 bits per heavy atom. The number of hydrogen-bond donors (Lipinski definition) is 0.